The first kappa shape index (κ1) is 19.9. The molecule has 0 amide bonds. The number of hydrogen-bond donors (Lipinski definition) is 1. The number of halogens is 2. The summed E-state index contributed by atoms with van der Waals surface area (Å²) in [7, 11) is -7.06. The Balaban J connectivity index is 0.00000242. The van der Waals surface area contributed by atoms with E-state index in [4.69, 9.17) is 5.73 Å². The van der Waals surface area contributed by atoms with E-state index in [1.165, 1.54) is 22.5 Å². The van der Waals surface area contributed by atoms with Crippen molar-refractivity contribution in [3.63, 3.8) is 0 Å². The van der Waals surface area contributed by atoms with E-state index in [1.54, 1.807) is 0 Å². The highest BCUT2D eigenvalue weighted by Crippen LogP contribution is 2.31. The summed E-state index contributed by atoms with van der Waals surface area (Å²) in [5.74, 6) is 0. The summed E-state index contributed by atoms with van der Waals surface area (Å²) < 4.78 is 50.0. The van der Waals surface area contributed by atoms with Gasteiger partial charge in [-0.1, -0.05) is 0 Å². The van der Waals surface area contributed by atoms with Crippen LogP contribution in [0.1, 0.15) is 12.8 Å². The van der Waals surface area contributed by atoms with Crippen molar-refractivity contribution in [3.05, 3.63) is 22.7 Å². The van der Waals surface area contributed by atoms with Gasteiger partial charge in [0.15, 0.2) is 9.84 Å². The van der Waals surface area contributed by atoms with E-state index < -0.39 is 19.9 Å². The summed E-state index contributed by atoms with van der Waals surface area (Å²) in [6.45, 7) is 0.711. The average molecular weight is 434 g/mol. The number of rotatable bonds is 4. The van der Waals surface area contributed by atoms with Gasteiger partial charge < -0.3 is 5.73 Å². The first-order chi connectivity index (χ1) is 9.67. The van der Waals surface area contributed by atoms with Crippen molar-refractivity contribution in [1.82, 2.24) is 4.31 Å². The molecule has 22 heavy (non-hydrogen) atoms. The van der Waals surface area contributed by atoms with Gasteiger partial charge in [0.1, 0.15) is 0 Å². The highest BCUT2D eigenvalue weighted by atomic mass is 79.9. The molecule has 1 fully saturated rings. The van der Waals surface area contributed by atoms with E-state index in [2.05, 4.69) is 15.9 Å². The Labute approximate surface area is 145 Å². The molecule has 0 radical (unpaired) electrons. The zero-order valence-electron chi connectivity index (χ0n) is 11.9. The van der Waals surface area contributed by atoms with Crippen LogP contribution in [0.25, 0.3) is 0 Å². The van der Waals surface area contributed by atoms with Crippen LogP contribution < -0.4 is 5.73 Å². The van der Waals surface area contributed by atoms with Gasteiger partial charge in [-0.3, -0.25) is 0 Å². The Hall–Kier alpha value is -0.190. The predicted octanol–water partition coefficient (Wildman–Crippen LogP) is 1.39. The topological polar surface area (TPSA) is 97.5 Å². The van der Waals surface area contributed by atoms with Crippen LogP contribution >= 0.6 is 28.3 Å². The van der Waals surface area contributed by atoms with E-state index in [0.29, 0.717) is 6.54 Å². The Morgan fingerprint density at radius 2 is 1.95 bits per heavy atom. The molecule has 0 spiro atoms. The van der Waals surface area contributed by atoms with Crippen LogP contribution in [0.2, 0.25) is 0 Å². The quantitative estimate of drug-likeness (QED) is 0.774. The van der Waals surface area contributed by atoms with Crippen LogP contribution in [0.15, 0.2) is 32.5 Å². The lowest BCUT2D eigenvalue weighted by atomic mass is 10.2. The van der Waals surface area contributed by atoms with Crippen molar-refractivity contribution in [2.24, 2.45) is 5.73 Å². The largest absolute Gasteiger partial charge is 0.329 e. The van der Waals surface area contributed by atoms with Crippen LogP contribution in [0, 0.1) is 0 Å². The fraction of sp³-hybridized carbons (Fsp3) is 0.500. The lowest BCUT2D eigenvalue weighted by Crippen LogP contribution is -2.39. The Morgan fingerprint density at radius 3 is 2.45 bits per heavy atom. The summed E-state index contributed by atoms with van der Waals surface area (Å²) in [5, 5.41) is 0. The van der Waals surface area contributed by atoms with Crippen LogP contribution in [0.5, 0.6) is 0 Å². The molecule has 1 unspecified atom stereocenters. The van der Waals surface area contributed by atoms with Gasteiger partial charge in [-0.25, -0.2) is 16.8 Å². The minimum Gasteiger partial charge on any atom is -0.329 e. The minimum absolute atomic E-state index is 0. The minimum atomic E-state index is -3.68. The van der Waals surface area contributed by atoms with Crippen molar-refractivity contribution in [2.45, 2.75) is 28.7 Å². The number of sulfone groups is 1. The van der Waals surface area contributed by atoms with Gasteiger partial charge in [0, 0.05) is 29.9 Å². The second-order valence-corrected chi connectivity index (χ2v) is 9.74. The highest BCUT2D eigenvalue weighted by Gasteiger charge is 2.35. The van der Waals surface area contributed by atoms with Crippen LogP contribution in [0.3, 0.4) is 0 Å². The summed E-state index contributed by atoms with van der Waals surface area (Å²) in [6.07, 6.45) is 2.60. The second kappa shape index (κ2) is 7.14. The van der Waals surface area contributed by atoms with Gasteiger partial charge in [0.2, 0.25) is 10.0 Å². The van der Waals surface area contributed by atoms with Crippen molar-refractivity contribution >= 4 is 48.2 Å². The normalized spacial score (nSPS) is 19.9. The monoisotopic (exact) mass is 432 g/mol. The molecule has 1 saturated heterocycles. The molecule has 1 atom stereocenters. The number of benzene rings is 1. The van der Waals surface area contributed by atoms with E-state index in [1.807, 2.05) is 0 Å². The zero-order chi connectivity index (χ0) is 15.8. The van der Waals surface area contributed by atoms with Crippen LogP contribution in [-0.2, 0) is 19.9 Å². The standard InChI is InChI=1S/C12H17BrN2O4S2.ClH/c1-20(16,17)10-4-5-12(11(13)7-10)21(18,19)15-6-2-3-9(15)8-14;/h4-5,7,9H,2-3,6,8,14H2,1H3;1H. The van der Waals surface area contributed by atoms with Crippen molar-refractivity contribution in [3.8, 4) is 0 Å². The van der Waals surface area contributed by atoms with Gasteiger partial charge in [0.25, 0.3) is 0 Å². The maximum absolute atomic E-state index is 12.7. The number of sulfonamides is 1. The third-order valence-electron chi connectivity index (χ3n) is 3.51. The van der Waals surface area contributed by atoms with E-state index in [0.717, 1.165) is 19.1 Å². The Morgan fingerprint density at radius 1 is 1.32 bits per heavy atom. The molecular weight excluding hydrogens is 416 g/mol. The molecule has 1 aromatic carbocycles. The third-order valence-corrected chi connectivity index (χ3v) is 7.55. The zero-order valence-corrected chi connectivity index (χ0v) is 15.9. The molecule has 1 aliphatic rings. The smallest absolute Gasteiger partial charge is 0.244 e. The first-order valence-electron chi connectivity index (χ1n) is 6.39. The molecule has 126 valence electrons. The van der Waals surface area contributed by atoms with Gasteiger partial charge in [0.05, 0.1) is 9.79 Å². The molecule has 1 aromatic rings. The summed E-state index contributed by atoms with van der Waals surface area (Å²) in [6, 6.07) is 3.74. The average Bonchev–Trinajstić information content (AvgIpc) is 2.86. The van der Waals surface area contributed by atoms with Crippen LogP contribution in [0.4, 0.5) is 0 Å². The summed E-state index contributed by atoms with van der Waals surface area (Å²) >= 11 is 3.16. The molecule has 6 nitrogen and oxygen atoms in total. The second-order valence-electron chi connectivity index (χ2n) is 5.01. The summed E-state index contributed by atoms with van der Waals surface area (Å²) in [5.41, 5.74) is 5.62. The fourth-order valence-corrected chi connectivity index (χ4v) is 5.95. The maximum Gasteiger partial charge on any atom is 0.244 e. The van der Waals surface area contributed by atoms with Gasteiger partial charge in [-0.15, -0.1) is 12.4 Å². The number of hydrogen-bond acceptors (Lipinski definition) is 5. The molecular formula is C12H18BrClN2O4S2. The molecule has 10 heteroatoms. The molecule has 2 N–H and O–H groups in total. The van der Waals surface area contributed by atoms with Crippen LogP contribution in [-0.4, -0.2) is 46.5 Å². The first-order valence-corrected chi connectivity index (χ1v) is 10.5. The molecule has 0 aromatic heterocycles. The molecule has 0 aliphatic carbocycles. The maximum atomic E-state index is 12.7. The molecule has 1 heterocycles. The van der Waals surface area contributed by atoms with E-state index in [-0.39, 0.29) is 39.3 Å². The predicted molar refractivity (Wildman–Crippen MR) is 90.5 cm³/mol. The molecule has 0 bridgehead atoms. The van der Waals surface area contributed by atoms with Crippen molar-refractivity contribution in [2.75, 3.05) is 19.3 Å². The number of nitrogens with two attached hydrogens (primary N) is 1. The van der Waals surface area contributed by atoms with Crippen molar-refractivity contribution in [1.29, 1.82) is 0 Å². The Bertz CT molecular complexity index is 752. The van der Waals surface area contributed by atoms with E-state index >= 15 is 0 Å². The molecule has 2 rings (SSSR count). The van der Waals surface area contributed by atoms with Gasteiger partial charge in [-0.2, -0.15) is 4.31 Å². The SMILES string of the molecule is CS(=O)(=O)c1ccc(S(=O)(=O)N2CCCC2CN)c(Br)c1.Cl. The van der Waals surface area contributed by atoms with Gasteiger partial charge in [-0.05, 0) is 47.0 Å². The lowest BCUT2D eigenvalue weighted by Gasteiger charge is -2.23. The van der Waals surface area contributed by atoms with Crippen molar-refractivity contribution < 1.29 is 16.8 Å². The third kappa shape index (κ3) is 3.82. The Kier molecular flexibility index (Phi) is 6.45. The fourth-order valence-electron chi connectivity index (χ4n) is 2.41. The molecule has 0 saturated carbocycles. The summed E-state index contributed by atoms with van der Waals surface area (Å²) in [4.78, 5) is 0.139. The molecule has 1 aliphatic heterocycles. The van der Waals surface area contributed by atoms with Gasteiger partial charge >= 0.3 is 0 Å². The van der Waals surface area contributed by atoms with E-state index in [9.17, 15) is 16.8 Å². The highest BCUT2D eigenvalue weighted by molar-refractivity contribution is 9.10. The number of nitrogens with zero attached hydrogens (tertiary/aromatic N) is 1. The lowest BCUT2D eigenvalue weighted by molar-refractivity contribution is 0.393.